The van der Waals surface area contributed by atoms with E-state index in [-0.39, 0.29) is 11.0 Å². The van der Waals surface area contributed by atoms with Gasteiger partial charge in [-0.2, -0.15) is 5.10 Å². The van der Waals surface area contributed by atoms with Gasteiger partial charge in [-0.15, -0.1) is 0 Å². The molecule has 1 aromatic heterocycles. The third-order valence-corrected chi connectivity index (χ3v) is 4.09. The Morgan fingerprint density at radius 1 is 1.14 bits per heavy atom. The van der Waals surface area contributed by atoms with Crippen LogP contribution in [0.25, 0.3) is 6.08 Å². The fraction of sp³-hybridized carbons (Fsp3) is 0.0500. The summed E-state index contributed by atoms with van der Waals surface area (Å²) in [5.74, 6) is -0.342. The predicted octanol–water partition coefficient (Wildman–Crippen LogP) is 3.62. The molecular weight excluding hydrogens is 394 g/mol. The lowest BCUT2D eigenvalue weighted by molar-refractivity contribution is -0.116. The van der Waals surface area contributed by atoms with E-state index in [1.807, 2.05) is 47.3 Å². The number of amides is 1. The number of hydrogen-bond acceptors (Lipinski definition) is 3. The van der Waals surface area contributed by atoms with E-state index in [9.17, 15) is 4.79 Å². The zero-order chi connectivity index (χ0) is 19.8. The zero-order valence-corrected chi connectivity index (χ0v) is 16.4. The molecule has 0 unspecified atom stereocenters. The van der Waals surface area contributed by atoms with Crippen LogP contribution in [-0.2, 0) is 11.3 Å². The highest BCUT2D eigenvalue weighted by atomic mass is 35.5. The molecule has 1 amide bonds. The summed E-state index contributed by atoms with van der Waals surface area (Å²) in [5, 5.41) is 8.06. The number of halogens is 1. The van der Waals surface area contributed by atoms with E-state index in [2.05, 4.69) is 21.3 Å². The van der Waals surface area contributed by atoms with Crippen molar-refractivity contribution in [3.05, 3.63) is 89.2 Å². The van der Waals surface area contributed by atoms with E-state index in [4.69, 9.17) is 23.8 Å². The molecule has 0 aliphatic heterocycles. The highest BCUT2D eigenvalue weighted by molar-refractivity contribution is 7.80. The molecule has 0 aliphatic rings. The first-order chi connectivity index (χ1) is 13.6. The van der Waals surface area contributed by atoms with Gasteiger partial charge in [-0.25, -0.2) is 0 Å². The minimum Gasteiger partial charge on any atom is -0.331 e. The molecular formula is C20H18ClN5OS. The van der Waals surface area contributed by atoms with Gasteiger partial charge in [0.1, 0.15) is 0 Å². The Hall–Kier alpha value is -3.16. The first-order valence-corrected chi connectivity index (χ1v) is 9.24. The Kier molecular flexibility index (Phi) is 6.78. The number of rotatable bonds is 5. The number of nitrogens with zero attached hydrogens (tertiary/aromatic N) is 2. The lowest BCUT2D eigenvalue weighted by atomic mass is 10.2. The maximum Gasteiger partial charge on any atom is 0.262 e. The van der Waals surface area contributed by atoms with Crippen LogP contribution in [0.4, 0.5) is 5.69 Å². The molecule has 28 heavy (non-hydrogen) atoms. The number of anilines is 1. The van der Waals surface area contributed by atoms with Gasteiger partial charge < -0.3 is 5.32 Å². The molecule has 3 N–H and O–H groups in total. The monoisotopic (exact) mass is 411 g/mol. The molecule has 0 saturated carbocycles. The predicted molar refractivity (Wildman–Crippen MR) is 116 cm³/mol. The van der Waals surface area contributed by atoms with Crippen molar-refractivity contribution in [3.8, 4) is 0 Å². The zero-order valence-electron chi connectivity index (χ0n) is 14.8. The molecule has 6 nitrogen and oxygen atoms in total. The van der Waals surface area contributed by atoms with Crippen LogP contribution in [-0.4, -0.2) is 20.8 Å². The van der Waals surface area contributed by atoms with Gasteiger partial charge in [0.25, 0.3) is 5.91 Å². The second kappa shape index (κ2) is 9.68. The highest BCUT2D eigenvalue weighted by Crippen LogP contribution is 2.14. The van der Waals surface area contributed by atoms with Gasteiger partial charge in [-0.3, -0.25) is 20.3 Å². The van der Waals surface area contributed by atoms with Gasteiger partial charge in [-0.1, -0.05) is 48.0 Å². The van der Waals surface area contributed by atoms with Crippen molar-refractivity contribution in [3.63, 3.8) is 0 Å². The molecule has 2 aromatic carbocycles. The summed E-state index contributed by atoms with van der Waals surface area (Å²) in [7, 11) is 0. The summed E-state index contributed by atoms with van der Waals surface area (Å²) in [5.41, 5.74) is 7.83. The van der Waals surface area contributed by atoms with Crippen LogP contribution < -0.4 is 16.2 Å². The molecule has 0 fully saturated rings. The molecule has 142 valence electrons. The Bertz CT molecular complexity index is 987. The topological polar surface area (TPSA) is 71.0 Å². The van der Waals surface area contributed by atoms with Crippen molar-refractivity contribution in [2.45, 2.75) is 6.54 Å². The second-order valence-corrected chi connectivity index (χ2v) is 6.71. The van der Waals surface area contributed by atoms with Crippen LogP contribution in [0.5, 0.6) is 0 Å². The maximum atomic E-state index is 11.9. The van der Waals surface area contributed by atoms with Crippen molar-refractivity contribution in [1.82, 2.24) is 20.6 Å². The van der Waals surface area contributed by atoms with Gasteiger partial charge in [0.2, 0.25) is 0 Å². The molecule has 3 rings (SSSR count). The summed E-state index contributed by atoms with van der Waals surface area (Å²) in [4.78, 5) is 11.9. The molecule has 0 atom stereocenters. The van der Waals surface area contributed by atoms with E-state index >= 15 is 0 Å². The van der Waals surface area contributed by atoms with Gasteiger partial charge in [0, 0.05) is 28.5 Å². The SMILES string of the molecule is O=C(/C=C/c1cnn(Cc2ccccc2)c1)NNC(=S)Nc1cccc(Cl)c1. The smallest absolute Gasteiger partial charge is 0.262 e. The number of thiocarbonyl (C=S) groups is 1. The average Bonchev–Trinajstić information content (AvgIpc) is 3.13. The van der Waals surface area contributed by atoms with E-state index in [1.165, 1.54) is 6.08 Å². The van der Waals surface area contributed by atoms with E-state index in [0.29, 0.717) is 11.6 Å². The molecule has 1 heterocycles. The number of carbonyl (C=O) groups is 1. The Morgan fingerprint density at radius 3 is 2.75 bits per heavy atom. The quantitative estimate of drug-likeness (QED) is 0.340. The number of nitrogens with one attached hydrogen (secondary N) is 3. The first kappa shape index (κ1) is 19.6. The number of hydrogen-bond donors (Lipinski definition) is 3. The van der Waals surface area contributed by atoms with Crippen LogP contribution in [0, 0.1) is 0 Å². The molecule has 0 bridgehead atoms. The fourth-order valence-electron chi connectivity index (χ4n) is 2.38. The lowest BCUT2D eigenvalue weighted by Gasteiger charge is -2.10. The van der Waals surface area contributed by atoms with E-state index < -0.39 is 0 Å². The Morgan fingerprint density at radius 2 is 1.96 bits per heavy atom. The summed E-state index contributed by atoms with van der Waals surface area (Å²) in [6.07, 6.45) is 6.65. The normalized spacial score (nSPS) is 10.6. The van der Waals surface area contributed by atoms with Gasteiger partial charge in [0.05, 0.1) is 12.7 Å². The average molecular weight is 412 g/mol. The summed E-state index contributed by atoms with van der Waals surface area (Å²) in [6, 6.07) is 17.1. The van der Waals surface area contributed by atoms with Crippen LogP contribution in [0.3, 0.4) is 0 Å². The number of hydrazine groups is 1. The van der Waals surface area contributed by atoms with Gasteiger partial charge in [-0.05, 0) is 42.1 Å². The van der Waals surface area contributed by atoms with Crippen LogP contribution in [0.15, 0.2) is 73.1 Å². The van der Waals surface area contributed by atoms with Crippen molar-refractivity contribution >= 4 is 46.6 Å². The molecule has 0 aliphatic carbocycles. The third-order valence-electron chi connectivity index (χ3n) is 3.65. The van der Waals surface area contributed by atoms with Gasteiger partial charge >= 0.3 is 0 Å². The third kappa shape index (κ3) is 6.22. The molecule has 3 aromatic rings. The molecule has 0 saturated heterocycles. The van der Waals surface area contributed by atoms with Gasteiger partial charge in [0.15, 0.2) is 5.11 Å². The van der Waals surface area contributed by atoms with Crippen LogP contribution in [0.1, 0.15) is 11.1 Å². The number of aromatic nitrogens is 2. The first-order valence-electron chi connectivity index (χ1n) is 8.45. The summed E-state index contributed by atoms with van der Waals surface area (Å²) in [6.45, 7) is 0.672. The Balaban J connectivity index is 1.45. The number of carbonyl (C=O) groups excluding carboxylic acids is 1. The number of benzene rings is 2. The van der Waals surface area contributed by atoms with Crippen molar-refractivity contribution in [2.24, 2.45) is 0 Å². The standard InChI is InChI=1S/C20H18ClN5OS/c21-17-7-4-8-18(11-17)23-20(28)25-24-19(27)10-9-16-12-22-26(14-16)13-15-5-2-1-3-6-15/h1-12,14H,13H2,(H,24,27)(H2,23,25,28)/b10-9+. The minimum atomic E-state index is -0.342. The summed E-state index contributed by atoms with van der Waals surface area (Å²) < 4.78 is 1.81. The lowest BCUT2D eigenvalue weighted by Crippen LogP contribution is -2.43. The largest absolute Gasteiger partial charge is 0.331 e. The second-order valence-electron chi connectivity index (χ2n) is 5.87. The maximum absolute atomic E-state index is 11.9. The van der Waals surface area contributed by atoms with Crippen molar-refractivity contribution in [2.75, 3.05) is 5.32 Å². The van der Waals surface area contributed by atoms with Crippen molar-refractivity contribution in [1.29, 1.82) is 0 Å². The van der Waals surface area contributed by atoms with Crippen LogP contribution >= 0.6 is 23.8 Å². The fourth-order valence-corrected chi connectivity index (χ4v) is 2.74. The molecule has 0 spiro atoms. The van der Waals surface area contributed by atoms with E-state index in [1.54, 1.807) is 30.5 Å². The van der Waals surface area contributed by atoms with Crippen molar-refractivity contribution < 1.29 is 4.79 Å². The highest BCUT2D eigenvalue weighted by Gasteiger charge is 2.01. The Labute approximate surface area is 173 Å². The van der Waals surface area contributed by atoms with Crippen LogP contribution in [0.2, 0.25) is 5.02 Å². The molecule has 0 radical (unpaired) electrons. The summed E-state index contributed by atoms with van der Waals surface area (Å²) >= 11 is 11.0. The molecule has 8 heteroatoms. The van der Waals surface area contributed by atoms with E-state index in [0.717, 1.165) is 16.8 Å². The minimum absolute atomic E-state index is 0.250.